The van der Waals surface area contributed by atoms with Crippen LogP contribution in [0.5, 0.6) is 0 Å². The normalized spacial score (nSPS) is 35.4. The zero-order valence-corrected chi connectivity index (χ0v) is 13.9. The molecule has 0 aromatic carbocycles. The van der Waals surface area contributed by atoms with Gasteiger partial charge in [0.2, 0.25) is 0 Å². The second-order valence-electron chi connectivity index (χ2n) is 7.43. The summed E-state index contributed by atoms with van der Waals surface area (Å²) in [6, 6.07) is 0.617. The summed E-state index contributed by atoms with van der Waals surface area (Å²) in [5.74, 6) is 3.62. The van der Waals surface area contributed by atoms with Crippen molar-refractivity contribution in [1.82, 2.24) is 5.32 Å². The van der Waals surface area contributed by atoms with Crippen LogP contribution in [0.15, 0.2) is 0 Å². The highest BCUT2D eigenvalue weighted by Gasteiger charge is 2.35. The van der Waals surface area contributed by atoms with Crippen molar-refractivity contribution < 1.29 is 4.74 Å². The molecule has 0 spiro atoms. The largest absolute Gasteiger partial charge is 0.381 e. The Kier molecular flexibility index (Phi) is 6.83. The van der Waals surface area contributed by atoms with E-state index >= 15 is 0 Å². The first-order valence-corrected chi connectivity index (χ1v) is 9.01. The van der Waals surface area contributed by atoms with Crippen LogP contribution in [0, 0.1) is 23.7 Å². The zero-order valence-electron chi connectivity index (χ0n) is 13.9. The molecule has 2 aliphatic rings. The summed E-state index contributed by atoms with van der Waals surface area (Å²) in [4.78, 5) is 0. The van der Waals surface area contributed by atoms with Crippen molar-refractivity contribution in [2.24, 2.45) is 23.7 Å². The van der Waals surface area contributed by atoms with E-state index in [0.717, 1.165) is 36.9 Å². The molecular weight excluding hydrogens is 246 g/mol. The smallest absolute Gasteiger partial charge is 0.0497 e. The lowest BCUT2D eigenvalue weighted by atomic mass is 9.66. The highest BCUT2D eigenvalue weighted by molar-refractivity contribution is 4.86. The average Bonchev–Trinajstić information content (AvgIpc) is 2.47. The molecule has 1 saturated carbocycles. The van der Waals surface area contributed by atoms with Crippen LogP contribution in [0.3, 0.4) is 0 Å². The molecule has 4 unspecified atom stereocenters. The van der Waals surface area contributed by atoms with Gasteiger partial charge in [-0.3, -0.25) is 0 Å². The van der Waals surface area contributed by atoms with E-state index in [1.165, 1.54) is 51.5 Å². The first-order valence-electron chi connectivity index (χ1n) is 9.01. The number of nitrogens with one attached hydrogen (secondary N) is 1. The Bertz CT molecular complexity index is 260. The molecule has 0 aromatic rings. The van der Waals surface area contributed by atoms with Gasteiger partial charge in [-0.25, -0.2) is 0 Å². The second-order valence-corrected chi connectivity index (χ2v) is 7.43. The number of ether oxygens (including phenoxy) is 1. The topological polar surface area (TPSA) is 21.3 Å². The number of hydrogen-bond acceptors (Lipinski definition) is 2. The highest BCUT2D eigenvalue weighted by Crippen LogP contribution is 2.42. The molecule has 0 radical (unpaired) electrons. The van der Waals surface area contributed by atoms with Crippen LogP contribution in [-0.4, -0.2) is 25.8 Å². The second kappa shape index (κ2) is 8.38. The van der Waals surface area contributed by atoms with Crippen LogP contribution < -0.4 is 5.32 Å². The maximum absolute atomic E-state index is 5.78. The van der Waals surface area contributed by atoms with Gasteiger partial charge in [-0.15, -0.1) is 0 Å². The van der Waals surface area contributed by atoms with Crippen LogP contribution in [-0.2, 0) is 4.74 Å². The van der Waals surface area contributed by atoms with Gasteiger partial charge in [0, 0.05) is 19.3 Å². The van der Waals surface area contributed by atoms with Crippen molar-refractivity contribution in [2.45, 2.75) is 71.8 Å². The Balaban J connectivity index is 1.93. The quantitative estimate of drug-likeness (QED) is 0.786. The molecule has 2 rings (SSSR count). The Hall–Kier alpha value is -0.0800. The van der Waals surface area contributed by atoms with E-state index in [-0.39, 0.29) is 0 Å². The number of hydrogen-bond donors (Lipinski definition) is 1. The van der Waals surface area contributed by atoms with E-state index in [9.17, 15) is 0 Å². The molecule has 118 valence electrons. The molecule has 1 N–H and O–H groups in total. The molecule has 2 heteroatoms. The molecule has 4 atom stereocenters. The molecule has 0 amide bonds. The van der Waals surface area contributed by atoms with E-state index in [4.69, 9.17) is 4.74 Å². The van der Waals surface area contributed by atoms with Crippen molar-refractivity contribution >= 4 is 0 Å². The lowest BCUT2D eigenvalue weighted by molar-refractivity contribution is -0.00384. The summed E-state index contributed by atoms with van der Waals surface area (Å²) < 4.78 is 5.78. The highest BCUT2D eigenvalue weighted by atomic mass is 16.5. The minimum Gasteiger partial charge on any atom is -0.381 e. The van der Waals surface area contributed by atoms with Crippen molar-refractivity contribution in [1.29, 1.82) is 0 Å². The van der Waals surface area contributed by atoms with Crippen molar-refractivity contribution in [2.75, 3.05) is 19.8 Å². The lowest BCUT2D eigenvalue weighted by Gasteiger charge is -2.42. The van der Waals surface area contributed by atoms with Crippen molar-refractivity contribution in [3.05, 3.63) is 0 Å². The minimum absolute atomic E-state index is 0.617. The van der Waals surface area contributed by atoms with Crippen LogP contribution in [0.4, 0.5) is 0 Å². The summed E-state index contributed by atoms with van der Waals surface area (Å²) in [6.45, 7) is 10.1. The zero-order chi connectivity index (χ0) is 14.4. The third-order valence-electron chi connectivity index (χ3n) is 5.44. The maximum Gasteiger partial charge on any atom is 0.0497 e. The summed E-state index contributed by atoms with van der Waals surface area (Å²) in [5.41, 5.74) is 0. The van der Waals surface area contributed by atoms with E-state index in [1.54, 1.807) is 0 Å². The fourth-order valence-electron chi connectivity index (χ4n) is 4.35. The van der Waals surface area contributed by atoms with E-state index in [2.05, 4.69) is 26.1 Å². The first kappa shape index (κ1) is 16.3. The Morgan fingerprint density at radius 3 is 2.70 bits per heavy atom. The summed E-state index contributed by atoms with van der Waals surface area (Å²) in [6.07, 6.45) is 9.84. The Morgan fingerprint density at radius 1 is 1.20 bits per heavy atom. The average molecular weight is 281 g/mol. The van der Waals surface area contributed by atoms with Gasteiger partial charge in [0.1, 0.15) is 0 Å². The number of rotatable bonds is 6. The fraction of sp³-hybridized carbons (Fsp3) is 1.00. The van der Waals surface area contributed by atoms with Gasteiger partial charge < -0.3 is 10.1 Å². The molecule has 2 nitrogen and oxygen atoms in total. The minimum atomic E-state index is 0.617. The van der Waals surface area contributed by atoms with E-state index in [0.29, 0.717) is 6.04 Å². The van der Waals surface area contributed by atoms with Gasteiger partial charge in [-0.1, -0.05) is 40.0 Å². The Labute approximate surface area is 126 Å². The van der Waals surface area contributed by atoms with Crippen LogP contribution >= 0.6 is 0 Å². The van der Waals surface area contributed by atoms with Crippen LogP contribution in [0.1, 0.15) is 65.7 Å². The predicted octanol–water partition coefficient (Wildman–Crippen LogP) is 4.24. The molecule has 20 heavy (non-hydrogen) atoms. The molecule has 0 bridgehead atoms. The summed E-state index contributed by atoms with van der Waals surface area (Å²) >= 11 is 0. The van der Waals surface area contributed by atoms with Crippen LogP contribution in [0.2, 0.25) is 0 Å². The van der Waals surface area contributed by atoms with Gasteiger partial charge in [-0.2, -0.15) is 0 Å². The van der Waals surface area contributed by atoms with Gasteiger partial charge in [0.25, 0.3) is 0 Å². The summed E-state index contributed by atoms with van der Waals surface area (Å²) in [5, 5.41) is 3.69. The molecule has 1 aliphatic carbocycles. The van der Waals surface area contributed by atoms with Crippen molar-refractivity contribution in [3.63, 3.8) is 0 Å². The Morgan fingerprint density at radius 2 is 2.05 bits per heavy atom. The predicted molar refractivity (Wildman–Crippen MR) is 85.9 cm³/mol. The molecule has 1 heterocycles. The third kappa shape index (κ3) is 4.73. The molecule has 0 aromatic heterocycles. The molecule has 1 aliphatic heterocycles. The van der Waals surface area contributed by atoms with Gasteiger partial charge >= 0.3 is 0 Å². The standard InChI is InChI=1S/C18H35NO/c1-4-6-15-8-9-16(12-19-14(2)3)18(11-15)17-7-5-10-20-13-17/h14-19H,4-13H2,1-3H3. The molecule has 2 fully saturated rings. The monoisotopic (exact) mass is 281 g/mol. The van der Waals surface area contributed by atoms with Crippen molar-refractivity contribution in [3.8, 4) is 0 Å². The SMILES string of the molecule is CCCC1CCC(CNC(C)C)C(C2CCCOC2)C1. The maximum atomic E-state index is 5.78. The van der Waals surface area contributed by atoms with Crippen LogP contribution in [0.25, 0.3) is 0 Å². The van der Waals surface area contributed by atoms with Gasteiger partial charge in [0.15, 0.2) is 0 Å². The third-order valence-corrected chi connectivity index (χ3v) is 5.44. The molecule has 1 saturated heterocycles. The molecular formula is C18H35NO. The lowest BCUT2D eigenvalue weighted by Crippen LogP contribution is -2.40. The first-order chi connectivity index (χ1) is 9.70. The fourth-order valence-corrected chi connectivity index (χ4v) is 4.35. The summed E-state index contributed by atoms with van der Waals surface area (Å²) in [7, 11) is 0. The van der Waals surface area contributed by atoms with Gasteiger partial charge in [0.05, 0.1) is 0 Å². The van der Waals surface area contributed by atoms with E-state index < -0.39 is 0 Å². The van der Waals surface area contributed by atoms with Gasteiger partial charge in [-0.05, 0) is 55.9 Å². The van der Waals surface area contributed by atoms with E-state index in [1.807, 2.05) is 0 Å².